The number of rotatable bonds is 6. The van der Waals surface area contributed by atoms with Gasteiger partial charge in [-0.25, -0.2) is 0 Å². The molecule has 1 unspecified atom stereocenters. The number of benzene rings is 3. The first-order chi connectivity index (χ1) is 15.4. The standard InChI is InChI=1S/C24H19Br2ClN2O2S/c1-14-10-18(27)7-8-20(14)28-24-29-23(30)22(32-24)12-16-4-9-21(19(26)11-16)31-13-15-2-5-17(25)6-3-15/h2-12,24,28H,13H2,1H3,(H,29,30)/b22-12-. The van der Waals surface area contributed by atoms with Crippen molar-refractivity contribution < 1.29 is 9.53 Å². The molecule has 4 nitrogen and oxygen atoms in total. The Morgan fingerprint density at radius 1 is 1.12 bits per heavy atom. The normalized spacial score (nSPS) is 16.8. The average molecular weight is 595 g/mol. The summed E-state index contributed by atoms with van der Waals surface area (Å²) < 4.78 is 7.79. The Hall–Kier alpha value is -1.93. The largest absolute Gasteiger partial charge is 0.488 e. The Bertz CT molecular complexity index is 1190. The van der Waals surface area contributed by atoms with Crippen molar-refractivity contribution in [1.82, 2.24) is 5.32 Å². The first kappa shape index (κ1) is 23.2. The molecule has 8 heteroatoms. The lowest BCUT2D eigenvalue weighted by Crippen LogP contribution is -2.31. The number of amides is 1. The van der Waals surface area contributed by atoms with E-state index in [1.165, 1.54) is 11.8 Å². The molecule has 164 valence electrons. The molecule has 1 heterocycles. The van der Waals surface area contributed by atoms with Gasteiger partial charge in [-0.15, -0.1) is 0 Å². The summed E-state index contributed by atoms with van der Waals surface area (Å²) >= 11 is 14.5. The molecule has 0 aromatic heterocycles. The molecule has 0 radical (unpaired) electrons. The highest BCUT2D eigenvalue weighted by Crippen LogP contribution is 2.33. The number of carbonyl (C=O) groups excluding carboxylic acids is 1. The zero-order valence-electron chi connectivity index (χ0n) is 17.0. The fourth-order valence-corrected chi connectivity index (χ4v) is 5.09. The molecular formula is C24H19Br2ClN2O2S. The van der Waals surface area contributed by atoms with Crippen molar-refractivity contribution in [1.29, 1.82) is 0 Å². The van der Waals surface area contributed by atoms with E-state index in [2.05, 4.69) is 42.5 Å². The third-order valence-electron chi connectivity index (χ3n) is 4.77. The van der Waals surface area contributed by atoms with Crippen molar-refractivity contribution in [2.45, 2.75) is 19.0 Å². The van der Waals surface area contributed by atoms with Crippen LogP contribution in [0.25, 0.3) is 6.08 Å². The number of hydrogen-bond acceptors (Lipinski definition) is 4. The highest BCUT2D eigenvalue weighted by atomic mass is 79.9. The van der Waals surface area contributed by atoms with E-state index in [0.717, 1.165) is 37.1 Å². The summed E-state index contributed by atoms with van der Waals surface area (Å²) in [5.41, 5.74) is 3.70. The highest BCUT2D eigenvalue weighted by Gasteiger charge is 2.27. The Balaban J connectivity index is 1.41. The van der Waals surface area contributed by atoms with Gasteiger partial charge in [0.15, 0.2) is 5.50 Å². The van der Waals surface area contributed by atoms with Crippen molar-refractivity contribution >= 4 is 72.9 Å². The molecule has 3 aromatic carbocycles. The Kier molecular flexibility index (Phi) is 7.51. The molecule has 1 saturated heterocycles. The van der Waals surface area contributed by atoms with Gasteiger partial charge in [0, 0.05) is 15.2 Å². The number of aryl methyl sites for hydroxylation is 1. The number of hydrogen-bond donors (Lipinski definition) is 2. The number of carbonyl (C=O) groups is 1. The quantitative estimate of drug-likeness (QED) is 0.293. The second kappa shape index (κ2) is 10.3. The topological polar surface area (TPSA) is 50.4 Å². The third-order valence-corrected chi connectivity index (χ3v) is 7.18. The van der Waals surface area contributed by atoms with Gasteiger partial charge in [0.2, 0.25) is 0 Å². The first-order valence-electron chi connectivity index (χ1n) is 9.76. The van der Waals surface area contributed by atoms with Crippen LogP contribution in [0.2, 0.25) is 5.02 Å². The van der Waals surface area contributed by atoms with Crippen molar-refractivity contribution in [3.63, 3.8) is 0 Å². The molecule has 0 aliphatic carbocycles. The van der Waals surface area contributed by atoms with Gasteiger partial charge in [-0.05, 0) is 88.1 Å². The van der Waals surface area contributed by atoms with Crippen molar-refractivity contribution in [2.75, 3.05) is 5.32 Å². The molecule has 3 aromatic rings. The van der Waals surface area contributed by atoms with Gasteiger partial charge in [-0.1, -0.05) is 57.5 Å². The summed E-state index contributed by atoms with van der Waals surface area (Å²) in [5, 5.41) is 6.98. The van der Waals surface area contributed by atoms with Crippen molar-refractivity contribution in [2.24, 2.45) is 0 Å². The zero-order valence-corrected chi connectivity index (χ0v) is 21.7. The van der Waals surface area contributed by atoms with E-state index >= 15 is 0 Å². The molecule has 32 heavy (non-hydrogen) atoms. The maximum Gasteiger partial charge on any atom is 0.260 e. The smallest absolute Gasteiger partial charge is 0.260 e. The van der Waals surface area contributed by atoms with Crippen molar-refractivity contribution in [3.05, 3.63) is 96.2 Å². The van der Waals surface area contributed by atoms with Crippen LogP contribution in [0, 0.1) is 6.92 Å². The van der Waals surface area contributed by atoms with Crippen LogP contribution in [-0.4, -0.2) is 11.4 Å². The molecule has 4 rings (SSSR count). The maximum absolute atomic E-state index is 12.5. The molecule has 0 saturated carbocycles. The Morgan fingerprint density at radius 3 is 2.62 bits per heavy atom. The van der Waals surface area contributed by atoms with Crippen molar-refractivity contribution in [3.8, 4) is 5.75 Å². The number of ether oxygens (including phenoxy) is 1. The van der Waals surface area contributed by atoms with Gasteiger partial charge in [-0.2, -0.15) is 0 Å². The van der Waals surface area contributed by atoms with E-state index in [4.69, 9.17) is 16.3 Å². The predicted octanol–water partition coefficient (Wildman–Crippen LogP) is 7.35. The van der Waals surface area contributed by atoms with E-state index < -0.39 is 0 Å². The second-order valence-corrected chi connectivity index (χ2v) is 10.5. The fraction of sp³-hybridized carbons (Fsp3) is 0.125. The molecule has 1 amide bonds. The average Bonchev–Trinajstić information content (AvgIpc) is 3.09. The van der Waals surface area contributed by atoms with Crippen LogP contribution in [0.15, 0.2) is 74.5 Å². The first-order valence-corrected chi connectivity index (χ1v) is 12.6. The molecule has 2 N–H and O–H groups in total. The Labute approximate surface area is 213 Å². The van der Waals surface area contributed by atoms with Crippen LogP contribution in [0.1, 0.15) is 16.7 Å². The Morgan fingerprint density at radius 2 is 1.91 bits per heavy atom. The van der Waals surface area contributed by atoms with E-state index in [9.17, 15) is 4.79 Å². The van der Waals surface area contributed by atoms with E-state index in [0.29, 0.717) is 16.5 Å². The van der Waals surface area contributed by atoms with Crippen LogP contribution in [0.3, 0.4) is 0 Å². The van der Waals surface area contributed by atoms with E-state index in [1.54, 1.807) is 0 Å². The summed E-state index contributed by atoms with van der Waals surface area (Å²) in [4.78, 5) is 13.1. The predicted molar refractivity (Wildman–Crippen MR) is 140 cm³/mol. The minimum atomic E-state index is -0.245. The molecule has 1 aliphatic heterocycles. The van der Waals surface area contributed by atoms with Crippen LogP contribution in [0.4, 0.5) is 5.69 Å². The van der Waals surface area contributed by atoms with Gasteiger partial charge in [0.1, 0.15) is 12.4 Å². The summed E-state index contributed by atoms with van der Waals surface area (Å²) in [7, 11) is 0. The molecule has 1 fully saturated rings. The van der Waals surface area contributed by atoms with E-state index in [1.807, 2.05) is 73.7 Å². The lowest BCUT2D eigenvalue weighted by atomic mass is 10.2. The van der Waals surface area contributed by atoms with E-state index in [-0.39, 0.29) is 11.4 Å². The fourth-order valence-electron chi connectivity index (χ4n) is 3.11. The third kappa shape index (κ3) is 5.90. The molecule has 0 spiro atoms. The van der Waals surface area contributed by atoms with Crippen LogP contribution in [0.5, 0.6) is 5.75 Å². The zero-order chi connectivity index (χ0) is 22.7. The minimum Gasteiger partial charge on any atom is -0.488 e. The minimum absolute atomic E-state index is 0.106. The van der Waals surface area contributed by atoms with Gasteiger partial charge in [-0.3, -0.25) is 4.79 Å². The van der Waals surface area contributed by atoms with Crippen LogP contribution < -0.4 is 15.4 Å². The SMILES string of the molecule is Cc1cc(Cl)ccc1NC1NC(=O)/C(=C/c2ccc(OCc3ccc(Br)cc3)c(Br)c2)S1. The lowest BCUT2D eigenvalue weighted by Gasteiger charge is -2.15. The summed E-state index contributed by atoms with van der Waals surface area (Å²) in [6.07, 6.45) is 1.87. The van der Waals surface area contributed by atoms with Gasteiger partial charge in [0.25, 0.3) is 5.91 Å². The molecule has 1 atom stereocenters. The molecular weight excluding hydrogens is 576 g/mol. The number of nitrogens with one attached hydrogen (secondary N) is 2. The second-order valence-electron chi connectivity index (χ2n) is 7.19. The number of thioether (sulfide) groups is 1. The van der Waals surface area contributed by atoms with Gasteiger partial charge in [0.05, 0.1) is 9.38 Å². The summed E-state index contributed by atoms with van der Waals surface area (Å²) in [5.74, 6) is 0.641. The van der Waals surface area contributed by atoms with Gasteiger partial charge < -0.3 is 15.4 Å². The van der Waals surface area contributed by atoms with Crippen LogP contribution >= 0.6 is 55.2 Å². The highest BCUT2D eigenvalue weighted by molar-refractivity contribution is 9.10. The van der Waals surface area contributed by atoms with Crippen LogP contribution in [-0.2, 0) is 11.4 Å². The number of anilines is 1. The monoisotopic (exact) mass is 592 g/mol. The maximum atomic E-state index is 12.5. The lowest BCUT2D eigenvalue weighted by molar-refractivity contribution is -0.116. The molecule has 0 bridgehead atoms. The van der Waals surface area contributed by atoms with Gasteiger partial charge >= 0.3 is 0 Å². The summed E-state index contributed by atoms with van der Waals surface area (Å²) in [6.45, 7) is 2.45. The molecule has 1 aliphatic rings. The summed E-state index contributed by atoms with van der Waals surface area (Å²) in [6, 6.07) is 19.4. The number of halogens is 3.